The number of carbonyl (C=O) groups is 2. The number of aromatic nitrogens is 3. The van der Waals surface area contributed by atoms with Gasteiger partial charge in [0, 0.05) is 17.0 Å². The van der Waals surface area contributed by atoms with E-state index in [9.17, 15) is 9.59 Å². The lowest BCUT2D eigenvalue weighted by molar-refractivity contribution is -0.117. The first-order valence-corrected chi connectivity index (χ1v) is 9.75. The maximum atomic E-state index is 13.1. The van der Waals surface area contributed by atoms with E-state index in [1.165, 1.54) is 11.3 Å². The Hall–Kier alpha value is -3.65. The molecule has 3 N–H and O–H groups in total. The van der Waals surface area contributed by atoms with E-state index in [4.69, 9.17) is 10.7 Å². The highest BCUT2D eigenvalue weighted by atomic mass is 32.1. The summed E-state index contributed by atoms with van der Waals surface area (Å²) in [5.74, 6) is -0.774. The van der Waals surface area contributed by atoms with E-state index in [1.807, 2.05) is 43.3 Å². The number of anilines is 1. The lowest BCUT2D eigenvalue weighted by Crippen LogP contribution is -2.15. The summed E-state index contributed by atoms with van der Waals surface area (Å²) in [4.78, 5) is 37.5. The minimum Gasteiger partial charge on any atom is -0.369 e. The molecule has 4 aromatic rings. The van der Waals surface area contributed by atoms with Crippen LogP contribution in [0, 0.1) is 6.92 Å². The Balaban J connectivity index is 1.75. The average Bonchev–Trinajstić information content (AvgIpc) is 3.14. The van der Waals surface area contributed by atoms with Gasteiger partial charge in [-0.3, -0.25) is 19.9 Å². The molecule has 2 amide bonds. The molecule has 0 saturated carbocycles. The first-order chi connectivity index (χ1) is 14.0. The second-order valence-electron chi connectivity index (χ2n) is 6.48. The van der Waals surface area contributed by atoms with Gasteiger partial charge in [0.1, 0.15) is 0 Å². The van der Waals surface area contributed by atoms with Crippen molar-refractivity contribution < 1.29 is 9.59 Å². The molecule has 144 valence electrons. The van der Waals surface area contributed by atoms with Gasteiger partial charge in [-0.15, -0.1) is 11.3 Å². The van der Waals surface area contributed by atoms with Gasteiger partial charge in [-0.05, 0) is 30.7 Å². The van der Waals surface area contributed by atoms with Crippen LogP contribution in [-0.4, -0.2) is 26.8 Å². The summed E-state index contributed by atoms with van der Waals surface area (Å²) in [6.07, 6.45) is 1.72. The summed E-state index contributed by atoms with van der Waals surface area (Å²) in [6.45, 7) is 1.95. The van der Waals surface area contributed by atoms with Crippen LogP contribution in [0.5, 0.6) is 0 Å². The number of carbonyl (C=O) groups excluding carboxylic acids is 2. The van der Waals surface area contributed by atoms with Crippen molar-refractivity contribution in [3.63, 3.8) is 0 Å². The number of hydrogen-bond donors (Lipinski definition) is 2. The van der Waals surface area contributed by atoms with Crippen molar-refractivity contribution in [2.75, 3.05) is 5.32 Å². The molecule has 0 aliphatic rings. The number of nitrogens with one attached hydrogen (secondary N) is 1. The minimum atomic E-state index is -0.469. The fourth-order valence-corrected chi connectivity index (χ4v) is 3.72. The van der Waals surface area contributed by atoms with Crippen LogP contribution in [0.4, 0.5) is 5.13 Å². The van der Waals surface area contributed by atoms with Crippen LogP contribution in [0.25, 0.3) is 22.3 Å². The molecule has 0 unspecified atom stereocenters. The van der Waals surface area contributed by atoms with Gasteiger partial charge in [-0.25, -0.2) is 9.97 Å². The Kier molecular flexibility index (Phi) is 5.01. The molecule has 0 fully saturated rings. The average molecular weight is 403 g/mol. The van der Waals surface area contributed by atoms with Crippen molar-refractivity contribution in [2.45, 2.75) is 13.3 Å². The van der Waals surface area contributed by atoms with Gasteiger partial charge in [0.2, 0.25) is 5.91 Å². The van der Waals surface area contributed by atoms with Gasteiger partial charge in [0.25, 0.3) is 5.91 Å². The number of nitrogens with two attached hydrogens (primary N) is 1. The number of aryl methyl sites for hydroxylation is 1. The number of nitrogens with zero attached hydrogens (tertiary/aromatic N) is 3. The lowest BCUT2D eigenvalue weighted by atomic mass is 10.0. The van der Waals surface area contributed by atoms with Crippen LogP contribution in [0.1, 0.15) is 21.6 Å². The third-order valence-corrected chi connectivity index (χ3v) is 5.15. The van der Waals surface area contributed by atoms with Gasteiger partial charge in [-0.1, -0.05) is 24.3 Å². The third-order valence-electron chi connectivity index (χ3n) is 4.34. The number of rotatable bonds is 5. The predicted molar refractivity (Wildman–Crippen MR) is 113 cm³/mol. The molecule has 4 rings (SSSR count). The van der Waals surface area contributed by atoms with Crippen molar-refractivity contribution in [2.24, 2.45) is 5.73 Å². The molecule has 0 saturated heterocycles. The van der Waals surface area contributed by atoms with Crippen LogP contribution < -0.4 is 11.1 Å². The number of para-hydroxylation sites is 1. The van der Waals surface area contributed by atoms with Gasteiger partial charge >= 0.3 is 0 Å². The highest BCUT2D eigenvalue weighted by molar-refractivity contribution is 7.14. The van der Waals surface area contributed by atoms with Gasteiger partial charge in [0.05, 0.1) is 34.6 Å². The molecule has 8 heteroatoms. The lowest BCUT2D eigenvalue weighted by Gasteiger charge is -2.10. The van der Waals surface area contributed by atoms with Crippen LogP contribution in [0.2, 0.25) is 0 Å². The predicted octanol–water partition coefficient (Wildman–Crippen LogP) is 3.34. The molecule has 0 spiro atoms. The number of thiazole rings is 1. The van der Waals surface area contributed by atoms with E-state index < -0.39 is 5.91 Å². The Bertz CT molecular complexity index is 1220. The Morgan fingerprint density at radius 1 is 1.10 bits per heavy atom. The molecule has 0 aliphatic heterocycles. The molecule has 29 heavy (non-hydrogen) atoms. The fourth-order valence-electron chi connectivity index (χ4n) is 3.01. The van der Waals surface area contributed by atoms with Crippen molar-refractivity contribution in [3.05, 3.63) is 70.9 Å². The molecule has 0 bridgehead atoms. The van der Waals surface area contributed by atoms with Crippen LogP contribution in [0.3, 0.4) is 0 Å². The summed E-state index contributed by atoms with van der Waals surface area (Å²) < 4.78 is 0. The van der Waals surface area contributed by atoms with Crippen molar-refractivity contribution in [1.29, 1.82) is 0 Å². The summed E-state index contributed by atoms with van der Waals surface area (Å²) in [5.41, 5.74) is 9.22. The smallest absolute Gasteiger partial charge is 0.258 e. The first-order valence-electron chi connectivity index (χ1n) is 8.87. The second-order valence-corrected chi connectivity index (χ2v) is 7.34. The van der Waals surface area contributed by atoms with E-state index >= 15 is 0 Å². The van der Waals surface area contributed by atoms with E-state index in [-0.39, 0.29) is 12.3 Å². The summed E-state index contributed by atoms with van der Waals surface area (Å²) >= 11 is 1.24. The standard InChI is InChI=1S/C21H17N5O2S/c1-12-5-4-6-14-15(10-17(25-19(12)14)16-7-2-3-8-23-16)20(28)26-21-24-13(11-29-21)9-18(22)27/h2-8,10-11H,9H2,1H3,(H2,22,27)(H,24,26,28). The summed E-state index contributed by atoms with van der Waals surface area (Å²) in [6, 6.07) is 13.0. The molecule has 0 atom stereocenters. The second kappa shape index (κ2) is 7.76. The molecule has 3 heterocycles. The molecule has 1 aromatic carbocycles. The van der Waals surface area contributed by atoms with E-state index in [0.29, 0.717) is 27.8 Å². The molecular weight excluding hydrogens is 386 g/mol. The third kappa shape index (κ3) is 3.97. The minimum absolute atomic E-state index is 0.0353. The number of pyridine rings is 2. The van der Waals surface area contributed by atoms with Crippen molar-refractivity contribution in [3.8, 4) is 11.4 Å². The van der Waals surface area contributed by atoms with Crippen molar-refractivity contribution in [1.82, 2.24) is 15.0 Å². The maximum absolute atomic E-state index is 13.1. The van der Waals surface area contributed by atoms with Crippen LogP contribution in [-0.2, 0) is 11.2 Å². The Labute approximate surface area is 170 Å². The van der Waals surface area contributed by atoms with Crippen LogP contribution in [0.15, 0.2) is 54.0 Å². The van der Waals surface area contributed by atoms with E-state index in [0.717, 1.165) is 16.5 Å². The quantitative estimate of drug-likeness (QED) is 0.531. The molecular formula is C21H17N5O2S. The monoisotopic (exact) mass is 403 g/mol. The number of amides is 2. The number of hydrogen-bond acceptors (Lipinski definition) is 6. The van der Waals surface area contributed by atoms with E-state index in [2.05, 4.69) is 15.3 Å². The van der Waals surface area contributed by atoms with Gasteiger partial charge in [0.15, 0.2) is 5.13 Å². The molecule has 0 radical (unpaired) electrons. The zero-order valence-electron chi connectivity index (χ0n) is 15.5. The number of benzene rings is 1. The zero-order valence-corrected chi connectivity index (χ0v) is 16.4. The fraction of sp³-hybridized carbons (Fsp3) is 0.0952. The van der Waals surface area contributed by atoms with E-state index in [1.54, 1.807) is 17.6 Å². The SMILES string of the molecule is Cc1cccc2c(C(=O)Nc3nc(CC(N)=O)cs3)cc(-c3ccccn3)nc12. The van der Waals surface area contributed by atoms with Crippen molar-refractivity contribution >= 4 is 39.2 Å². The first kappa shape index (κ1) is 18.7. The maximum Gasteiger partial charge on any atom is 0.258 e. The molecule has 3 aromatic heterocycles. The van der Waals surface area contributed by atoms with Gasteiger partial charge in [-0.2, -0.15) is 0 Å². The summed E-state index contributed by atoms with van der Waals surface area (Å²) in [5, 5.41) is 5.67. The normalized spacial score (nSPS) is 10.8. The Morgan fingerprint density at radius 3 is 2.72 bits per heavy atom. The number of primary amides is 1. The highest BCUT2D eigenvalue weighted by Gasteiger charge is 2.17. The van der Waals surface area contributed by atoms with Crippen LogP contribution >= 0.6 is 11.3 Å². The summed E-state index contributed by atoms with van der Waals surface area (Å²) in [7, 11) is 0. The largest absolute Gasteiger partial charge is 0.369 e. The highest BCUT2D eigenvalue weighted by Crippen LogP contribution is 2.27. The Morgan fingerprint density at radius 2 is 1.97 bits per heavy atom. The molecule has 0 aliphatic carbocycles. The zero-order chi connectivity index (χ0) is 20.4. The topological polar surface area (TPSA) is 111 Å². The van der Waals surface area contributed by atoms with Gasteiger partial charge < -0.3 is 5.73 Å². The number of fused-ring (bicyclic) bond motifs is 1. The molecule has 7 nitrogen and oxygen atoms in total.